The Bertz CT molecular complexity index is 615. The lowest BCUT2D eigenvalue weighted by Gasteiger charge is -2.16. The van der Waals surface area contributed by atoms with Gasteiger partial charge in [0.25, 0.3) is 0 Å². The van der Waals surface area contributed by atoms with E-state index >= 15 is 0 Å². The number of hydrogen-bond acceptors (Lipinski definition) is 4. The maximum absolute atomic E-state index is 11.8. The van der Waals surface area contributed by atoms with Gasteiger partial charge >= 0.3 is 0 Å². The molecule has 124 valence electrons. The topological polar surface area (TPSA) is 71.7 Å². The number of amides is 1. The van der Waals surface area contributed by atoms with Crippen molar-refractivity contribution in [3.63, 3.8) is 0 Å². The van der Waals surface area contributed by atoms with Crippen molar-refractivity contribution >= 4 is 17.5 Å². The minimum atomic E-state index is -0.746. The highest BCUT2D eigenvalue weighted by atomic mass is 35.5. The van der Waals surface area contributed by atoms with E-state index in [2.05, 4.69) is 5.32 Å². The van der Waals surface area contributed by atoms with Crippen LogP contribution < -0.4 is 5.32 Å². The third kappa shape index (κ3) is 5.71. The Hall–Kier alpha value is -1.82. The molecule has 5 nitrogen and oxygen atoms in total. The van der Waals surface area contributed by atoms with Crippen molar-refractivity contribution in [2.75, 3.05) is 6.61 Å². The zero-order valence-corrected chi connectivity index (χ0v) is 13.6. The van der Waals surface area contributed by atoms with Gasteiger partial charge in [-0.3, -0.25) is 4.79 Å². The van der Waals surface area contributed by atoms with E-state index in [-0.39, 0.29) is 25.2 Å². The third-order valence-electron chi connectivity index (χ3n) is 3.30. The van der Waals surface area contributed by atoms with Crippen molar-refractivity contribution in [3.05, 3.63) is 59.0 Å². The lowest BCUT2D eigenvalue weighted by molar-refractivity contribution is -0.126. The number of furan rings is 1. The Kier molecular flexibility index (Phi) is 6.65. The molecule has 0 radical (unpaired) electrons. The van der Waals surface area contributed by atoms with Crippen molar-refractivity contribution in [3.8, 4) is 0 Å². The van der Waals surface area contributed by atoms with E-state index in [9.17, 15) is 9.90 Å². The number of halogens is 1. The van der Waals surface area contributed by atoms with E-state index in [1.165, 1.54) is 6.26 Å². The second kappa shape index (κ2) is 8.72. The van der Waals surface area contributed by atoms with E-state index in [0.29, 0.717) is 17.2 Å². The summed E-state index contributed by atoms with van der Waals surface area (Å²) < 4.78 is 10.5. The first kappa shape index (κ1) is 17.5. The summed E-state index contributed by atoms with van der Waals surface area (Å²) in [6, 6.07) is 10.5. The van der Waals surface area contributed by atoms with Crippen LogP contribution >= 0.6 is 11.6 Å². The van der Waals surface area contributed by atoms with Crippen LogP contribution in [0.25, 0.3) is 0 Å². The van der Waals surface area contributed by atoms with Crippen LogP contribution in [0.4, 0.5) is 0 Å². The average Bonchev–Trinajstić information content (AvgIpc) is 3.03. The molecular weight excluding hydrogens is 318 g/mol. The molecule has 0 spiro atoms. The molecule has 0 bridgehead atoms. The second-order valence-corrected chi connectivity index (χ2v) is 5.73. The normalized spacial score (nSPS) is 13.5. The fourth-order valence-electron chi connectivity index (χ4n) is 2.18. The minimum absolute atomic E-state index is 0.0631. The van der Waals surface area contributed by atoms with Gasteiger partial charge in [-0.2, -0.15) is 0 Å². The maximum Gasteiger partial charge on any atom is 0.246 e. The van der Waals surface area contributed by atoms with Gasteiger partial charge in [-0.05, 0) is 30.7 Å². The molecule has 23 heavy (non-hydrogen) atoms. The van der Waals surface area contributed by atoms with Gasteiger partial charge in [0.1, 0.15) is 18.5 Å². The Labute approximate surface area is 140 Å². The van der Waals surface area contributed by atoms with Crippen LogP contribution in [0.15, 0.2) is 47.1 Å². The number of rotatable bonds is 8. The molecule has 1 heterocycles. The first-order chi connectivity index (χ1) is 11.1. The highest BCUT2D eigenvalue weighted by Gasteiger charge is 2.16. The molecule has 0 fully saturated rings. The highest BCUT2D eigenvalue weighted by Crippen LogP contribution is 2.18. The highest BCUT2D eigenvalue weighted by molar-refractivity contribution is 6.31. The summed E-state index contributed by atoms with van der Waals surface area (Å²) in [5.41, 5.74) is 0.836. The Morgan fingerprint density at radius 2 is 2.13 bits per heavy atom. The van der Waals surface area contributed by atoms with Crippen LogP contribution in [-0.4, -0.2) is 23.7 Å². The van der Waals surface area contributed by atoms with Crippen LogP contribution in [0.3, 0.4) is 0 Å². The van der Waals surface area contributed by atoms with Gasteiger partial charge in [0.2, 0.25) is 5.91 Å². The van der Waals surface area contributed by atoms with Gasteiger partial charge in [-0.25, -0.2) is 0 Å². The van der Waals surface area contributed by atoms with Crippen molar-refractivity contribution in [2.45, 2.75) is 32.1 Å². The van der Waals surface area contributed by atoms with Gasteiger partial charge in [-0.1, -0.05) is 29.8 Å². The summed E-state index contributed by atoms with van der Waals surface area (Å²) in [5.74, 6) is 0.247. The number of hydrogen-bond donors (Lipinski definition) is 2. The van der Waals surface area contributed by atoms with E-state index in [0.717, 1.165) is 5.56 Å². The summed E-state index contributed by atoms with van der Waals surface area (Å²) in [4.78, 5) is 11.8. The number of aliphatic hydroxyl groups excluding tert-OH is 1. The van der Waals surface area contributed by atoms with Crippen LogP contribution in [-0.2, 0) is 16.1 Å². The second-order valence-electron chi connectivity index (χ2n) is 5.32. The summed E-state index contributed by atoms with van der Waals surface area (Å²) in [7, 11) is 0. The fourth-order valence-corrected chi connectivity index (χ4v) is 2.37. The van der Waals surface area contributed by atoms with E-state index in [1.54, 1.807) is 18.2 Å². The zero-order chi connectivity index (χ0) is 16.7. The van der Waals surface area contributed by atoms with E-state index in [4.69, 9.17) is 20.8 Å². The monoisotopic (exact) mass is 337 g/mol. The van der Waals surface area contributed by atoms with Gasteiger partial charge in [0.15, 0.2) is 0 Å². The summed E-state index contributed by atoms with van der Waals surface area (Å²) >= 11 is 6.01. The molecule has 1 aromatic heterocycles. The number of nitrogens with one attached hydrogen (secondary N) is 1. The van der Waals surface area contributed by atoms with Crippen molar-refractivity contribution in [1.29, 1.82) is 0 Å². The predicted molar refractivity (Wildman–Crippen MR) is 87.0 cm³/mol. The van der Waals surface area contributed by atoms with Crippen molar-refractivity contribution in [1.82, 2.24) is 5.32 Å². The molecule has 1 aromatic carbocycles. The quantitative estimate of drug-likeness (QED) is 0.776. The zero-order valence-electron chi connectivity index (χ0n) is 12.9. The molecule has 1 amide bonds. The molecule has 2 aromatic rings. The Balaban J connectivity index is 1.69. The van der Waals surface area contributed by atoms with Crippen LogP contribution in [0.5, 0.6) is 0 Å². The van der Waals surface area contributed by atoms with E-state index in [1.807, 2.05) is 25.1 Å². The van der Waals surface area contributed by atoms with Gasteiger partial charge < -0.3 is 19.6 Å². The Morgan fingerprint density at radius 1 is 1.35 bits per heavy atom. The Morgan fingerprint density at radius 3 is 2.83 bits per heavy atom. The van der Waals surface area contributed by atoms with Crippen molar-refractivity contribution in [2.24, 2.45) is 0 Å². The lowest BCUT2D eigenvalue weighted by Crippen LogP contribution is -2.36. The van der Waals surface area contributed by atoms with Gasteiger partial charge in [0.05, 0.1) is 12.9 Å². The van der Waals surface area contributed by atoms with E-state index < -0.39 is 6.10 Å². The molecule has 2 unspecified atom stereocenters. The molecule has 2 rings (SSSR count). The van der Waals surface area contributed by atoms with Gasteiger partial charge in [0, 0.05) is 17.5 Å². The number of benzene rings is 1. The molecule has 0 aliphatic rings. The summed E-state index contributed by atoms with van der Waals surface area (Å²) in [6.45, 7) is 2.03. The molecule has 6 heteroatoms. The fraction of sp³-hybridized carbons (Fsp3) is 0.353. The molecule has 0 aliphatic heterocycles. The van der Waals surface area contributed by atoms with Crippen LogP contribution in [0.2, 0.25) is 5.02 Å². The first-order valence-corrected chi connectivity index (χ1v) is 7.76. The third-order valence-corrected chi connectivity index (χ3v) is 3.67. The maximum atomic E-state index is 11.8. The molecule has 2 N–H and O–H groups in total. The van der Waals surface area contributed by atoms with Crippen molar-refractivity contribution < 1.29 is 19.1 Å². The molecule has 0 saturated carbocycles. The number of aliphatic hydroxyl groups is 1. The molecular formula is C17H20ClNO4. The van der Waals surface area contributed by atoms with Gasteiger partial charge in [-0.15, -0.1) is 0 Å². The largest absolute Gasteiger partial charge is 0.467 e. The van der Waals surface area contributed by atoms with Crippen LogP contribution in [0.1, 0.15) is 30.8 Å². The summed E-state index contributed by atoms with van der Waals surface area (Å²) in [5, 5.41) is 13.3. The predicted octanol–water partition coefficient (Wildman–Crippen LogP) is 3.08. The number of ether oxygens (including phenoxy) is 1. The average molecular weight is 338 g/mol. The minimum Gasteiger partial charge on any atom is -0.467 e. The number of carbonyl (C=O) groups excluding carboxylic acids is 1. The lowest BCUT2D eigenvalue weighted by atomic mass is 10.1. The summed E-state index contributed by atoms with van der Waals surface area (Å²) in [6.07, 6.45) is 1.12. The molecule has 0 saturated heterocycles. The molecule has 2 atom stereocenters. The SMILES string of the molecule is CC(CC(O)c1ccco1)NC(=O)COCc1ccccc1Cl. The number of carbonyl (C=O) groups is 1. The van der Waals surface area contributed by atoms with Crippen LogP contribution in [0, 0.1) is 0 Å². The standard InChI is InChI=1S/C17H20ClNO4/c1-12(9-15(20)16-7-4-8-23-16)19-17(21)11-22-10-13-5-2-3-6-14(13)18/h2-8,12,15,20H,9-11H2,1H3,(H,19,21). The molecule has 0 aliphatic carbocycles. The first-order valence-electron chi connectivity index (χ1n) is 7.38. The smallest absolute Gasteiger partial charge is 0.246 e.